The minimum atomic E-state index is -3.04. The van der Waals surface area contributed by atoms with Crippen LogP contribution in [0.4, 0.5) is 0 Å². The zero-order valence-electron chi connectivity index (χ0n) is 8.83. The fourth-order valence-corrected chi connectivity index (χ4v) is 7.89. The SMILES string of the molecule is O=S1(=O)CCCCC1C(Cl)c1cc(Br)sc1Br. The molecule has 0 spiro atoms. The Hall–Kier alpha value is 0.900. The molecule has 0 amide bonds. The molecule has 1 aromatic heterocycles. The molecule has 96 valence electrons. The van der Waals surface area contributed by atoms with E-state index in [1.165, 1.54) is 11.3 Å². The van der Waals surface area contributed by atoms with E-state index in [1.807, 2.05) is 6.07 Å². The zero-order valence-corrected chi connectivity index (χ0v) is 14.4. The summed E-state index contributed by atoms with van der Waals surface area (Å²) in [6.45, 7) is 0. The summed E-state index contributed by atoms with van der Waals surface area (Å²) in [5.41, 5.74) is 0.874. The molecule has 1 aliphatic rings. The van der Waals surface area contributed by atoms with Crippen LogP contribution in [-0.2, 0) is 9.84 Å². The molecule has 17 heavy (non-hydrogen) atoms. The number of rotatable bonds is 2. The van der Waals surface area contributed by atoms with Gasteiger partial charge in [0, 0.05) is 0 Å². The lowest BCUT2D eigenvalue weighted by atomic mass is 10.1. The maximum absolute atomic E-state index is 12.0. The van der Waals surface area contributed by atoms with Crippen LogP contribution in [0.1, 0.15) is 30.2 Å². The first-order valence-electron chi connectivity index (χ1n) is 5.22. The lowest BCUT2D eigenvalue weighted by molar-refractivity contribution is 0.534. The van der Waals surface area contributed by atoms with Gasteiger partial charge in [0.05, 0.1) is 24.0 Å². The Balaban J connectivity index is 2.31. The van der Waals surface area contributed by atoms with Gasteiger partial charge in [0.25, 0.3) is 0 Å². The van der Waals surface area contributed by atoms with Gasteiger partial charge in [-0.05, 0) is 56.3 Å². The summed E-state index contributed by atoms with van der Waals surface area (Å²) in [5.74, 6) is 0.268. The Morgan fingerprint density at radius 2 is 2.12 bits per heavy atom. The molecule has 2 unspecified atom stereocenters. The summed E-state index contributed by atoms with van der Waals surface area (Å²) in [7, 11) is -3.04. The van der Waals surface area contributed by atoms with E-state index >= 15 is 0 Å². The second-order valence-corrected chi connectivity index (χ2v) is 10.6. The van der Waals surface area contributed by atoms with E-state index in [1.54, 1.807) is 0 Å². The second-order valence-electron chi connectivity index (χ2n) is 4.08. The molecule has 0 bridgehead atoms. The third-order valence-electron chi connectivity index (χ3n) is 2.94. The molecule has 1 fully saturated rings. The van der Waals surface area contributed by atoms with Gasteiger partial charge in [0.2, 0.25) is 0 Å². The van der Waals surface area contributed by atoms with Gasteiger partial charge < -0.3 is 0 Å². The molecule has 0 N–H and O–H groups in total. The standard InChI is InChI=1S/C10H11Br2ClO2S2/c11-8-5-6(10(12)16-8)9(13)7-3-1-2-4-17(7,14)15/h5,7,9H,1-4H2. The fourth-order valence-electron chi connectivity index (χ4n) is 2.05. The van der Waals surface area contributed by atoms with Gasteiger partial charge in [-0.25, -0.2) is 8.42 Å². The number of sulfone groups is 1. The third-order valence-corrected chi connectivity index (χ3v) is 8.30. The molecule has 0 aromatic carbocycles. The largest absolute Gasteiger partial charge is 0.228 e. The first kappa shape index (κ1) is 14.3. The molecule has 2 rings (SSSR count). The Morgan fingerprint density at radius 1 is 1.41 bits per heavy atom. The highest BCUT2D eigenvalue weighted by molar-refractivity contribution is 9.12. The molecule has 1 aliphatic heterocycles. The van der Waals surface area contributed by atoms with E-state index in [-0.39, 0.29) is 5.75 Å². The number of alkyl halides is 1. The average molecular weight is 423 g/mol. The Labute approximate surface area is 127 Å². The van der Waals surface area contributed by atoms with Crippen LogP contribution in [0.5, 0.6) is 0 Å². The number of thiophene rings is 1. The fraction of sp³-hybridized carbons (Fsp3) is 0.600. The van der Waals surface area contributed by atoms with Crippen molar-refractivity contribution in [1.82, 2.24) is 0 Å². The molecule has 1 saturated heterocycles. The maximum Gasteiger partial charge on any atom is 0.154 e. The molecule has 0 saturated carbocycles. The summed E-state index contributed by atoms with van der Waals surface area (Å²) in [5, 5.41) is -0.909. The van der Waals surface area contributed by atoms with Crippen molar-refractivity contribution in [3.05, 3.63) is 19.2 Å². The van der Waals surface area contributed by atoms with E-state index in [0.717, 1.165) is 26.0 Å². The predicted octanol–water partition coefficient (Wildman–Crippen LogP) is 4.52. The lowest BCUT2D eigenvalue weighted by Gasteiger charge is -2.26. The minimum Gasteiger partial charge on any atom is -0.228 e. The van der Waals surface area contributed by atoms with Crippen molar-refractivity contribution in [1.29, 1.82) is 0 Å². The van der Waals surface area contributed by atoms with Crippen LogP contribution in [0.3, 0.4) is 0 Å². The highest BCUT2D eigenvalue weighted by Gasteiger charge is 2.36. The summed E-state index contributed by atoms with van der Waals surface area (Å²) in [6, 6.07) is 1.90. The molecule has 2 heterocycles. The summed E-state index contributed by atoms with van der Waals surface area (Å²) in [4.78, 5) is 0. The van der Waals surface area contributed by atoms with Gasteiger partial charge in [-0.3, -0.25) is 0 Å². The Kier molecular flexibility index (Phi) is 4.62. The molecule has 7 heteroatoms. The predicted molar refractivity (Wildman–Crippen MR) is 79.7 cm³/mol. The summed E-state index contributed by atoms with van der Waals surface area (Å²) in [6.07, 6.45) is 2.36. The van der Waals surface area contributed by atoms with Crippen molar-refractivity contribution < 1.29 is 8.42 Å². The van der Waals surface area contributed by atoms with E-state index in [2.05, 4.69) is 31.9 Å². The van der Waals surface area contributed by atoms with Gasteiger partial charge in [0.15, 0.2) is 9.84 Å². The quantitative estimate of drug-likeness (QED) is 0.657. The van der Waals surface area contributed by atoms with Crippen molar-refractivity contribution in [2.75, 3.05) is 5.75 Å². The molecular formula is C10H11Br2ClO2S2. The van der Waals surface area contributed by atoms with Crippen LogP contribution in [0.25, 0.3) is 0 Å². The van der Waals surface area contributed by atoms with Crippen LogP contribution in [0, 0.1) is 0 Å². The molecule has 0 radical (unpaired) electrons. The highest BCUT2D eigenvalue weighted by Crippen LogP contribution is 2.43. The van der Waals surface area contributed by atoms with Gasteiger partial charge in [-0.2, -0.15) is 0 Å². The van der Waals surface area contributed by atoms with Crippen LogP contribution in [0.2, 0.25) is 0 Å². The Morgan fingerprint density at radius 3 is 2.65 bits per heavy atom. The van der Waals surface area contributed by atoms with Crippen molar-refractivity contribution in [2.45, 2.75) is 29.9 Å². The second kappa shape index (κ2) is 5.49. The molecule has 0 aliphatic carbocycles. The molecule has 2 nitrogen and oxygen atoms in total. The van der Waals surface area contributed by atoms with Crippen molar-refractivity contribution in [2.24, 2.45) is 0 Å². The topological polar surface area (TPSA) is 34.1 Å². The van der Waals surface area contributed by atoms with Crippen LogP contribution in [-0.4, -0.2) is 19.4 Å². The maximum atomic E-state index is 12.0. The normalized spacial score (nSPS) is 25.7. The Bertz CT molecular complexity index is 512. The van der Waals surface area contributed by atoms with Crippen LogP contribution in [0.15, 0.2) is 13.6 Å². The van der Waals surface area contributed by atoms with Crippen molar-refractivity contribution in [3.63, 3.8) is 0 Å². The van der Waals surface area contributed by atoms with E-state index in [9.17, 15) is 8.42 Å². The van der Waals surface area contributed by atoms with Crippen molar-refractivity contribution >= 4 is 64.6 Å². The number of halogens is 3. The van der Waals surface area contributed by atoms with E-state index in [4.69, 9.17) is 11.6 Å². The van der Waals surface area contributed by atoms with Gasteiger partial charge in [-0.1, -0.05) is 6.42 Å². The third kappa shape index (κ3) is 3.08. The van der Waals surface area contributed by atoms with Gasteiger partial charge in [0.1, 0.15) is 0 Å². The molecule has 1 aromatic rings. The van der Waals surface area contributed by atoms with Crippen LogP contribution < -0.4 is 0 Å². The zero-order chi connectivity index (χ0) is 12.6. The monoisotopic (exact) mass is 420 g/mol. The van der Waals surface area contributed by atoms with E-state index in [0.29, 0.717) is 6.42 Å². The molecular weight excluding hydrogens is 412 g/mol. The smallest absolute Gasteiger partial charge is 0.154 e. The highest BCUT2D eigenvalue weighted by atomic mass is 79.9. The van der Waals surface area contributed by atoms with Gasteiger partial charge in [-0.15, -0.1) is 22.9 Å². The van der Waals surface area contributed by atoms with Crippen LogP contribution >= 0.6 is 54.8 Å². The summed E-state index contributed by atoms with van der Waals surface area (Å²) < 4.78 is 25.9. The number of hydrogen-bond acceptors (Lipinski definition) is 3. The molecule has 2 atom stereocenters. The van der Waals surface area contributed by atoms with E-state index < -0.39 is 20.5 Å². The average Bonchev–Trinajstić information content (AvgIpc) is 2.56. The lowest BCUT2D eigenvalue weighted by Crippen LogP contribution is -2.31. The van der Waals surface area contributed by atoms with Gasteiger partial charge >= 0.3 is 0 Å². The summed E-state index contributed by atoms with van der Waals surface area (Å²) >= 11 is 14.7. The minimum absolute atomic E-state index is 0.268. The first-order chi connectivity index (χ1) is 7.92. The number of hydrogen-bond donors (Lipinski definition) is 0. The first-order valence-corrected chi connectivity index (χ1v) is 9.77. The van der Waals surface area contributed by atoms with Crippen molar-refractivity contribution in [3.8, 4) is 0 Å².